The maximum Gasteiger partial charge on any atom is 0.408 e. The Morgan fingerprint density at radius 2 is 1.54 bits per heavy atom. The average molecular weight is 490 g/mol. The van der Waals surface area contributed by atoms with Crippen molar-refractivity contribution in [1.29, 1.82) is 0 Å². The Kier molecular flexibility index (Phi) is 6.73. The summed E-state index contributed by atoms with van der Waals surface area (Å²) in [5.41, 5.74) is 2.70. The molecule has 1 atom stereocenters. The summed E-state index contributed by atoms with van der Waals surface area (Å²) >= 11 is 0. The van der Waals surface area contributed by atoms with Crippen LogP contribution in [-0.4, -0.2) is 47.9 Å². The summed E-state index contributed by atoms with van der Waals surface area (Å²) in [6, 6.07) is 15.6. The van der Waals surface area contributed by atoms with Gasteiger partial charge in [-0.1, -0.05) is 61.4 Å². The van der Waals surface area contributed by atoms with Crippen molar-refractivity contribution in [2.24, 2.45) is 5.92 Å². The molecular formula is C25H25F3N2O5. The van der Waals surface area contributed by atoms with Crippen molar-refractivity contribution in [3.63, 3.8) is 0 Å². The molecule has 1 unspecified atom stereocenters. The van der Waals surface area contributed by atoms with Crippen LogP contribution in [0.1, 0.15) is 42.7 Å². The predicted octanol–water partition coefficient (Wildman–Crippen LogP) is 4.22. The third-order valence-electron chi connectivity index (χ3n) is 6.74. The molecule has 35 heavy (non-hydrogen) atoms. The molecule has 10 heteroatoms. The third-order valence-corrected chi connectivity index (χ3v) is 6.74. The highest BCUT2D eigenvalue weighted by Crippen LogP contribution is 2.44. The first-order valence-corrected chi connectivity index (χ1v) is 11.3. The van der Waals surface area contributed by atoms with Gasteiger partial charge in [-0.05, 0) is 35.1 Å². The molecule has 4 rings (SSSR count). The van der Waals surface area contributed by atoms with Crippen LogP contribution in [0.2, 0.25) is 0 Å². The highest BCUT2D eigenvalue weighted by molar-refractivity contribution is 5.90. The second-order valence-corrected chi connectivity index (χ2v) is 8.88. The molecule has 0 spiro atoms. The molecule has 0 heterocycles. The van der Waals surface area contributed by atoms with Crippen molar-refractivity contribution in [2.75, 3.05) is 13.2 Å². The van der Waals surface area contributed by atoms with E-state index in [9.17, 15) is 27.6 Å². The summed E-state index contributed by atoms with van der Waals surface area (Å²) in [4.78, 5) is 36.5. The van der Waals surface area contributed by atoms with Crippen LogP contribution in [0.5, 0.6) is 0 Å². The van der Waals surface area contributed by atoms with E-state index in [1.54, 1.807) is 0 Å². The molecule has 0 saturated heterocycles. The van der Waals surface area contributed by atoms with Crippen LogP contribution in [0.25, 0.3) is 11.1 Å². The summed E-state index contributed by atoms with van der Waals surface area (Å²) in [7, 11) is 0. The number of carboxylic acids is 1. The SMILES string of the molecule is O=C(NC1(C(=O)NCC(C(=O)O)C(F)(F)F)CCCC1)OCC1c2ccccc2-c2ccccc21. The third kappa shape index (κ3) is 4.96. The van der Waals surface area contributed by atoms with Gasteiger partial charge in [-0.15, -0.1) is 0 Å². The lowest BCUT2D eigenvalue weighted by atomic mass is 9.96. The lowest BCUT2D eigenvalue weighted by Crippen LogP contribution is -2.58. The molecule has 186 valence electrons. The van der Waals surface area contributed by atoms with Crippen LogP contribution in [0.3, 0.4) is 0 Å². The minimum atomic E-state index is -5.01. The van der Waals surface area contributed by atoms with Crippen molar-refractivity contribution >= 4 is 18.0 Å². The van der Waals surface area contributed by atoms with Crippen LogP contribution in [0, 0.1) is 5.92 Å². The fraction of sp³-hybridized carbons (Fsp3) is 0.400. The second-order valence-electron chi connectivity index (χ2n) is 8.88. The van der Waals surface area contributed by atoms with E-state index in [4.69, 9.17) is 9.84 Å². The summed E-state index contributed by atoms with van der Waals surface area (Å²) < 4.78 is 44.3. The first-order valence-electron chi connectivity index (χ1n) is 11.3. The minimum absolute atomic E-state index is 0.0206. The molecule has 0 aliphatic heterocycles. The number of benzene rings is 2. The van der Waals surface area contributed by atoms with Gasteiger partial charge in [-0.2, -0.15) is 13.2 Å². The topological polar surface area (TPSA) is 105 Å². The quantitative estimate of drug-likeness (QED) is 0.539. The predicted molar refractivity (Wildman–Crippen MR) is 120 cm³/mol. The molecule has 7 nitrogen and oxygen atoms in total. The number of amides is 2. The van der Waals surface area contributed by atoms with Crippen LogP contribution < -0.4 is 10.6 Å². The molecule has 2 aromatic carbocycles. The fourth-order valence-corrected chi connectivity index (χ4v) is 4.92. The summed E-state index contributed by atoms with van der Waals surface area (Å²) in [5.74, 6) is -5.86. The van der Waals surface area contributed by atoms with Gasteiger partial charge in [0.15, 0.2) is 5.92 Å². The average Bonchev–Trinajstić information content (AvgIpc) is 3.40. The van der Waals surface area contributed by atoms with E-state index in [1.807, 2.05) is 48.5 Å². The molecule has 2 aromatic rings. The summed E-state index contributed by atoms with van der Waals surface area (Å²) in [6.45, 7) is -1.10. The molecule has 0 aromatic heterocycles. The number of alkyl carbamates (subject to hydrolysis) is 1. The monoisotopic (exact) mass is 490 g/mol. The fourth-order valence-electron chi connectivity index (χ4n) is 4.92. The van der Waals surface area contributed by atoms with Crippen LogP contribution >= 0.6 is 0 Å². The van der Waals surface area contributed by atoms with E-state index in [0.29, 0.717) is 12.8 Å². The standard InChI is InChI=1S/C25H25F3N2O5/c26-25(27,28)20(21(31)32)13-29-22(33)24(11-5-6-12-24)30-23(34)35-14-19-17-9-3-1-7-15(17)16-8-2-4-10-18(16)19/h1-4,7-10,19-20H,5-6,11-14H2,(H,29,33)(H,30,34)(H,31,32). The number of alkyl halides is 3. The number of hydrogen-bond acceptors (Lipinski definition) is 4. The number of carbonyl (C=O) groups is 3. The maximum absolute atomic E-state index is 12.9. The zero-order valence-electron chi connectivity index (χ0n) is 18.7. The molecule has 0 radical (unpaired) electrons. The van der Waals surface area contributed by atoms with Gasteiger partial charge in [-0.25, -0.2) is 4.79 Å². The Morgan fingerprint density at radius 3 is 2.06 bits per heavy atom. The normalized spacial score (nSPS) is 17.2. The molecule has 2 aliphatic carbocycles. The van der Waals surface area contributed by atoms with Crippen LogP contribution in [0.15, 0.2) is 48.5 Å². The number of carbonyl (C=O) groups excluding carboxylic acids is 2. The van der Waals surface area contributed by atoms with Crippen molar-refractivity contribution in [3.8, 4) is 11.1 Å². The molecular weight excluding hydrogens is 465 g/mol. The van der Waals surface area contributed by atoms with E-state index in [1.165, 1.54) is 0 Å². The number of rotatable bonds is 7. The van der Waals surface area contributed by atoms with Gasteiger partial charge in [-0.3, -0.25) is 9.59 Å². The van der Waals surface area contributed by atoms with Crippen molar-refractivity contribution < 1.29 is 37.4 Å². The summed E-state index contributed by atoms with van der Waals surface area (Å²) in [5, 5.41) is 13.5. The number of fused-ring (bicyclic) bond motifs is 3. The van der Waals surface area contributed by atoms with Crippen molar-refractivity contribution in [2.45, 2.75) is 43.3 Å². The molecule has 0 bridgehead atoms. The molecule has 2 aliphatic rings. The first kappa shape index (κ1) is 24.6. The highest BCUT2D eigenvalue weighted by Gasteiger charge is 2.48. The van der Waals surface area contributed by atoms with Gasteiger partial charge in [0.25, 0.3) is 0 Å². The number of halogens is 3. The Bertz CT molecular complexity index is 1080. The first-order chi connectivity index (χ1) is 16.6. The second kappa shape index (κ2) is 9.59. The number of hydrogen-bond donors (Lipinski definition) is 3. The zero-order chi connectivity index (χ0) is 25.2. The van der Waals surface area contributed by atoms with E-state index in [0.717, 1.165) is 22.3 Å². The smallest absolute Gasteiger partial charge is 0.408 e. The highest BCUT2D eigenvalue weighted by atomic mass is 19.4. The lowest BCUT2D eigenvalue weighted by Gasteiger charge is -2.29. The van der Waals surface area contributed by atoms with Crippen LogP contribution in [0.4, 0.5) is 18.0 Å². The molecule has 2 amide bonds. The minimum Gasteiger partial charge on any atom is -0.481 e. The van der Waals surface area contributed by atoms with Gasteiger partial charge >= 0.3 is 18.2 Å². The van der Waals surface area contributed by atoms with E-state index < -0.39 is 42.1 Å². The number of ether oxygens (including phenoxy) is 1. The van der Waals surface area contributed by atoms with Crippen molar-refractivity contribution in [3.05, 3.63) is 59.7 Å². The molecule has 1 fully saturated rings. The zero-order valence-corrected chi connectivity index (χ0v) is 18.7. The van der Waals surface area contributed by atoms with Gasteiger partial charge in [0.2, 0.25) is 5.91 Å². The largest absolute Gasteiger partial charge is 0.481 e. The van der Waals surface area contributed by atoms with Gasteiger partial charge in [0, 0.05) is 12.5 Å². The van der Waals surface area contributed by atoms with Gasteiger partial charge in [0.1, 0.15) is 12.1 Å². The Hall–Kier alpha value is -3.56. The molecule has 3 N–H and O–H groups in total. The van der Waals surface area contributed by atoms with E-state index in [-0.39, 0.29) is 25.4 Å². The van der Waals surface area contributed by atoms with Gasteiger partial charge < -0.3 is 20.5 Å². The lowest BCUT2D eigenvalue weighted by molar-refractivity contribution is -0.192. The number of aliphatic carboxylic acids is 1. The number of nitrogens with one attached hydrogen (secondary N) is 2. The Morgan fingerprint density at radius 1 is 1.00 bits per heavy atom. The van der Waals surface area contributed by atoms with E-state index in [2.05, 4.69) is 10.6 Å². The molecule has 1 saturated carbocycles. The number of carboxylic acid groups (broad SMARTS) is 1. The Labute approximate surface area is 199 Å². The van der Waals surface area contributed by atoms with Crippen LogP contribution in [-0.2, 0) is 14.3 Å². The van der Waals surface area contributed by atoms with Gasteiger partial charge in [0.05, 0.1) is 0 Å². The van der Waals surface area contributed by atoms with E-state index >= 15 is 0 Å². The maximum atomic E-state index is 12.9. The Balaban J connectivity index is 1.42. The summed E-state index contributed by atoms with van der Waals surface area (Å²) in [6.07, 6.45) is -4.27. The van der Waals surface area contributed by atoms with Crippen molar-refractivity contribution in [1.82, 2.24) is 10.6 Å².